The third-order valence-electron chi connectivity index (χ3n) is 4.23. The molecule has 10 heteroatoms. The average Bonchev–Trinajstić information content (AvgIpc) is 2.70. The summed E-state index contributed by atoms with van der Waals surface area (Å²) < 4.78 is 40.2. The van der Waals surface area contributed by atoms with E-state index in [2.05, 4.69) is 10.4 Å². The molecule has 1 heterocycles. The molecule has 2 aromatic carbocycles. The molecule has 8 nitrogen and oxygen atoms in total. The lowest BCUT2D eigenvalue weighted by molar-refractivity contribution is -0.117. The maximum Gasteiger partial charge on any atom is 0.267 e. The zero-order valence-corrected chi connectivity index (χ0v) is 17.1. The molecule has 0 aliphatic carbocycles. The molecule has 1 aromatic heterocycles. The van der Waals surface area contributed by atoms with Crippen molar-refractivity contribution >= 4 is 21.6 Å². The first-order chi connectivity index (χ1) is 14.2. The minimum atomic E-state index is -3.58. The molecule has 3 aromatic rings. The van der Waals surface area contributed by atoms with E-state index >= 15 is 0 Å². The SMILES string of the molecule is CN(C)S(=O)(=O)c1ccc(NC(=O)Cn2nc(-c3ccccc3F)ccc2=O)cc1. The molecule has 0 fully saturated rings. The van der Waals surface area contributed by atoms with Gasteiger partial charge in [-0.15, -0.1) is 0 Å². The minimum absolute atomic E-state index is 0.0842. The smallest absolute Gasteiger partial charge is 0.267 e. The van der Waals surface area contributed by atoms with E-state index in [1.807, 2.05) is 0 Å². The molecule has 0 saturated carbocycles. The third kappa shape index (κ3) is 4.61. The molecule has 0 spiro atoms. The number of carbonyl (C=O) groups is 1. The molecule has 0 bridgehead atoms. The zero-order valence-electron chi connectivity index (χ0n) is 16.2. The molecule has 1 N–H and O–H groups in total. The van der Waals surface area contributed by atoms with Gasteiger partial charge in [0.25, 0.3) is 5.56 Å². The quantitative estimate of drug-likeness (QED) is 0.644. The lowest BCUT2D eigenvalue weighted by Gasteiger charge is -2.12. The van der Waals surface area contributed by atoms with Gasteiger partial charge in [-0.2, -0.15) is 5.10 Å². The topological polar surface area (TPSA) is 101 Å². The summed E-state index contributed by atoms with van der Waals surface area (Å²) >= 11 is 0. The molecule has 0 aliphatic heterocycles. The second-order valence-corrected chi connectivity index (χ2v) is 8.71. The summed E-state index contributed by atoms with van der Waals surface area (Å²) in [5.74, 6) is -1.04. The molecule has 1 amide bonds. The molecule has 30 heavy (non-hydrogen) atoms. The number of hydrogen-bond acceptors (Lipinski definition) is 5. The second-order valence-electron chi connectivity index (χ2n) is 6.55. The Morgan fingerprint density at radius 1 is 1.07 bits per heavy atom. The van der Waals surface area contributed by atoms with Crippen LogP contribution in [-0.2, 0) is 21.4 Å². The fraction of sp³-hybridized carbons (Fsp3) is 0.150. The summed E-state index contributed by atoms with van der Waals surface area (Å²) in [6.07, 6.45) is 0. The number of carbonyl (C=O) groups excluding carboxylic acids is 1. The Morgan fingerprint density at radius 2 is 1.73 bits per heavy atom. The zero-order chi connectivity index (χ0) is 21.9. The Balaban J connectivity index is 1.76. The van der Waals surface area contributed by atoms with E-state index in [-0.39, 0.29) is 16.2 Å². The summed E-state index contributed by atoms with van der Waals surface area (Å²) in [6.45, 7) is -0.390. The number of amides is 1. The number of halogens is 1. The summed E-state index contributed by atoms with van der Waals surface area (Å²) in [4.78, 5) is 24.5. The van der Waals surface area contributed by atoms with Crippen molar-refractivity contribution in [3.8, 4) is 11.3 Å². The molecule has 3 rings (SSSR count). The van der Waals surface area contributed by atoms with Crippen LogP contribution in [-0.4, -0.2) is 42.5 Å². The first-order valence-corrected chi connectivity index (χ1v) is 10.3. The van der Waals surface area contributed by atoms with Crippen LogP contribution in [0.5, 0.6) is 0 Å². The van der Waals surface area contributed by atoms with Crippen molar-refractivity contribution in [2.75, 3.05) is 19.4 Å². The predicted octanol–water partition coefficient (Wildman–Crippen LogP) is 1.94. The number of hydrogen-bond donors (Lipinski definition) is 1. The van der Waals surface area contributed by atoms with E-state index in [1.165, 1.54) is 68.7 Å². The van der Waals surface area contributed by atoms with Gasteiger partial charge < -0.3 is 5.32 Å². The minimum Gasteiger partial charge on any atom is -0.324 e. The van der Waals surface area contributed by atoms with Gasteiger partial charge in [-0.3, -0.25) is 9.59 Å². The van der Waals surface area contributed by atoms with Gasteiger partial charge >= 0.3 is 0 Å². The van der Waals surface area contributed by atoms with Crippen molar-refractivity contribution in [3.05, 3.63) is 76.8 Å². The third-order valence-corrected chi connectivity index (χ3v) is 6.06. The molecule has 0 aliphatic rings. The first kappa shape index (κ1) is 21.3. The number of anilines is 1. The van der Waals surface area contributed by atoms with E-state index in [0.29, 0.717) is 5.69 Å². The van der Waals surface area contributed by atoms with E-state index in [9.17, 15) is 22.4 Å². The Bertz CT molecular complexity index is 1240. The van der Waals surface area contributed by atoms with Crippen LogP contribution in [0.3, 0.4) is 0 Å². The van der Waals surface area contributed by atoms with Crippen molar-refractivity contribution in [2.24, 2.45) is 0 Å². The maximum absolute atomic E-state index is 14.0. The molecule has 0 radical (unpaired) electrons. The summed E-state index contributed by atoms with van der Waals surface area (Å²) in [5, 5.41) is 6.64. The summed E-state index contributed by atoms with van der Waals surface area (Å²) in [6, 6.07) is 14.2. The van der Waals surface area contributed by atoms with Crippen molar-refractivity contribution in [2.45, 2.75) is 11.4 Å². The average molecular weight is 430 g/mol. The Kier molecular flexibility index (Phi) is 6.09. The van der Waals surface area contributed by atoms with Crippen LogP contribution in [0.15, 0.2) is 70.4 Å². The van der Waals surface area contributed by atoms with Gasteiger partial charge in [-0.25, -0.2) is 21.8 Å². The number of nitrogens with one attached hydrogen (secondary N) is 1. The normalized spacial score (nSPS) is 11.5. The van der Waals surface area contributed by atoms with Gasteiger partial charge in [0.15, 0.2) is 0 Å². The van der Waals surface area contributed by atoms with Crippen molar-refractivity contribution in [1.29, 1.82) is 0 Å². The lowest BCUT2D eigenvalue weighted by atomic mass is 10.1. The number of rotatable bonds is 6. The Morgan fingerprint density at radius 3 is 2.37 bits per heavy atom. The van der Waals surface area contributed by atoms with Gasteiger partial charge in [0.2, 0.25) is 15.9 Å². The van der Waals surface area contributed by atoms with Crippen LogP contribution in [0.1, 0.15) is 0 Å². The van der Waals surface area contributed by atoms with Crippen LogP contribution < -0.4 is 10.9 Å². The molecule has 0 saturated heterocycles. The Labute approximate surface area is 172 Å². The van der Waals surface area contributed by atoms with E-state index in [4.69, 9.17) is 0 Å². The van der Waals surface area contributed by atoms with Crippen molar-refractivity contribution < 1.29 is 17.6 Å². The van der Waals surface area contributed by atoms with Crippen molar-refractivity contribution in [1.82, 2.24) is 14.1 Å². The molecule has 156 valence electrons. The molecular weight excluding hydrogens is 411 g/mol. The Hall–Kier alpha value is -3.37. The van der Waals surface area contributed by atoms with Gasteiger partial charge in [0, 0.05) is 31.4 Å². The summed E-state index contributed by atoms with van der Waals surface area (Å²) in [5.41, 5.74) is 0.275. The van der Waals surface area contributed by atoms with Crippen molar-refractivity contribution in [3.63, 3.8) is 0 Å². The largest absolute Gasteiger partial charge is 0.324 e. The second kappa shape index (κ2) is 8.56. The monoisotopic (exact) mass is 430 g/mol. The highest BCUT2D eigenvalue weighted by Gasteiger charge is 2.17. The van der Waals surface area contributed by atoms with E-state index < -0.39 is 33.9 Å². The predicted molar refractivity (Wildman–Crippen MR) is 110 cm³/mol. The number of sulfonamides is 1. The van der Waals surface area contributed by atoms with Crippen LogP contribution in [0.4, 0.5) is 10.1 Å². The van der Waals surface area contributed by atoms with Gasteiger partial charge in [0.1, 0.15) is 12.4 Å². The van der Waals surface area contributed by atoms with Crippen LogP contribution in [0.2, 0.25) is 0 Å². The highest BCUT2D eigenvalue weighted by atomic mass is 32.2. The van der Waals surface area contributed by atoms with Gasteiger partial charge in [-0.05, 0) is 42.5 Å². The number of nitrogens with zero attached hydrogens (tertiary/aromatic N) is 3. The van der Waals surface area contributed by atoms with Gasteiger partial charge in [-0.1, -0.05) is 12.1 Å². The number of benzene rings is 2. The maximum atomic E-state index is 14.0. The van der Waals surface area contributed by atoms with Crippen LogP contribution in [0.25, 0.3) is 11.3 Å². The lowest BCUT2D eigenvalue weighted by Crippen LogP contribution is -2.29. The first-order valence-electron chi connectivity index (χ1n) is 8.84. The fourth-order valence-electron chi connectivity index (χ4n) is 2.63. The summed E-state index contributed by atoms with van der Waals surface area (Å²) in [7, 11) is -0.733. The number of aromatic nitrogens is 2. The molecular formula is C20H19FN4O4S. The van der Waals surface area contributed by atoms with Crippen LogP contribution in [0, 0.1) is 5.82 Å². The molecule has 0 unspecified atom stereocenters. The van der Waals surface area contributed by atoms with E-state index in [0.717, 1.165) is 8.99 Å². The highest BCUT2D eigenvalue weighted by molar-refractivity contribution is 7.89. The van der Waals surface area contributed by atoms with Crippen LogP contribution >= 0.6 is 0 Å². The van der Waals surface area contributed by atoms with E-state index in [1.54, 1.807) is 6.07 Å². The molecule has 0 atom stereocenters. The van der Waals surface area contributed by atoms with Gasteiger partial charge in [0.05, 0.1) is 10.6 Å². The highest BCUT2D eigenvalue weighted by Crippen LogP contribution is 2.19. The standard InChI is InChI=1S/C20H19FN4O4S/c1-24(2)30(28,29)15-9-7-14(8-10-15)22-19(26)13-25-20(27)12-11-18(23-25)16-5-3-4-6-17(16)21/h3-12H,13H2,1-2H3,(H,22,26). The fourth-order valence-corrected chi connectivity index (χ4v) is 3.53.